The van der Waals surface area contributed by atoms with Gasteiger partial charge in [-0.2, -0.15) is 0 Å². The van der Waals surface area contributed by atoms with Gasteiger partial charge in [-0.05, 0) is 43.4 Å². The van der Waals surface area contributed by atoms with E-state index in [0.717, 1.165) is 30.3 Å². The van der Waals surface area contributed by atoms with E-state index >= 15 is 0 Å². The Morgan fingerprint density at radius 2 is 2.39 bits per heavy atom. The van der Waals surface area contributed by atoms with E-state index in [4.69, 9.17) is 10.6 Å². The Bertz CT molecular complexity index is 397. The number of ether oxygens (including phenoxy) is 1. The van der Waals surface area contributed by atoms with Gasteiger partial charge in [0.15, 0.2) is 0 Å². The standard InChI is InChI=1S/C13H18BrFN2O/c14-10-4-3-9(13(15)7-10)6-11(17-16)8-12-2-1-5-18-12/h3-4,7,11-12,17H,1-2,5-6,8,16H2. The third-order valence-corrected chi connectivity index (χ3v) is 3.78. The van der Waals surface area contributed by atoms with Crippen LogP contribution in [0.25, 0.3) is 0 Å². The minimum Gasteiger partial charge on any atom is -0.378 e. The zero-order chi connectivity index (χ0) is 13.0. The summed E-state index contributed by atoms with van der Waals surface area (Å²) in [6.07, 6.45) is 3.83. The number of hydrogen-bond donors (Lipinski definition) is 2. The van der Waals surface area contributed by atoms with E-state index in [1.165, 1.54) is 6.07 Å². The lowest BCUT2D eigenvalue weighted by Gasteiger charge is -2.19. The zero-order valence-corrected chi connectivity index (χ0v) is 11.7. The Kier molecular flexibility index (Phi) is 5.12. The molecule has 1 fully saturated rings. The topological polar surface area (TPSA) is 47.3 Å². The van der Waals surface area contributed by atoms with Crippen molar-refractivity contribution in [1.29, 1.82) is 0 Å². The van der Waals surface area contributed by atoms with Crippen LogP contribution in [-0.4, -0.2) is 18.8 Å². The molecule has 0 bridgehead atoms. The first kappa shape index (κ1) is 13.9. The summed E-state index contributed by atoms with van der Waals surface area (Å²) < 4.78 is 20.1. The average molecular weight is 317 g/mol. The number of benzene rings is 1. The van der Waals surface area contributed by atoms with Crippen molar-refractivity contribution in [1.82, 2.24) is 5.43 Å². The second kappa shape index (κ2) is 6.61. The van der Waals surface area contributed by atoms with Gasteiger partial charge in [-0.3, -0.25) is 11.3 Å². The van der Waals surface area contributed by atoms with Crippen LogP contribution >= 0.6 is 15.9 Å². The fourth-order valence-corrected chi connectivity index (χ4v) is 2.64. The molecule has 100 valence electrons. The molecule has 0 amide bonds. The molecule has 1 aliphatic rings. The van der Waals surface area contributed by atoms with Crippen molar-refractivity contribution in [2.45, 2.75) is 37.8 Å². The average Bonchev–Trinajstić information content (AvgIpc) is 2.84. The molecular weight excluding hydrogens is 299 g/mol. The molecule has 2 atom stereocenters. The van der Waals surface area contributed by atoms with Gasteiger partial charge in [-0.1, -0.05) is 22.0 Å². The summed E-state index contributed by atoms with van der Waals surface area (Å²) in [5.41, 5.74) is 3.44. The second-order valence-electron chi connectivity index (χ2n) is 4.67. The van der Waals surface area contributed by atoms with Crippen molar-refractivity contribution >= 4 is 15.9 Å². The summed E-state index contributed by atoms with van der Waals surface area (Å²) in [6, 6.07) is 5.16. The van der Waals surface area contributed by atoms with Gasteiger partial charge < -0.3 is 4.74 Å². The molecule has 0 saturated carbocycles. The third-order valence-electron chi connectivity index (χ3n) is 3.29. The lowest BCUT2D eigenvalue weighted by atomic mass is 9.99. The molecule has 2 rings (SSSR count). The molecule has 1 aromatic rings. The summed E-state index contributed by atoms with van der Waals surface area (Å²) >= 11 is 3.25. The van der Waals surface area contributed by atoms with Gasteiger partial charge in [-0.25, -0.2) is 4.39 Å². The molecule has 2 unspecified atom stereocenters. The Balaban J connectivity index is 1.96. The predicted molar refractivity (Wildman–Crippen MR) is 72.5 cm³/mol. The third kappa shape index (κ3) is 3.75. The fraction of sp³-hybridized carbons (Fsp3) is 0.538. The summed E-state index contributed by atoms with van der Waals surface area (Å²) in [6.45, 7) is 0.828. The summed E-state index contributed by atoms with van der Waals surface area (Å²) in [5, 5.41) is 0. The van der Waals surface area contributed by atoms with Gasteiger partial charge in [0.05, 0.1) is 6.10 Å². The molecule has 5 heteroatoms. The van der Waals surface area contributed by atoms with Crippen LogP contribution in [0.15, 0.2) is 22.7 Å². The van der Waals surface area contributed by atoms with Crippen LogP contribution in [0.5, 0.6) is 0 Å². The lowest BCUT2D eigenvalue weighted by Crippen LogP contribution is -2.39. The van der Waals surface area contributed by atoms with E-state index in [9.17, 15) is 4.39 Å². The maximum Gasteiger partial charge on any atom is 0.127 e. The highest BCUT2D eigenvalue weighted by atomic mass is 79.9. The minimum absolute atomic E-state index is 0.0452. The molecule has 0 radical (unpaired) electrons. The van der Waals surface area contributed by atoms with Crippen molar-refractivity contribution in [3.8, 4) is 0 Å². The van der Waals surface area contributed by atoms with Gasteiger partial charge in [0.2, 0.25) is 0 Å². The number of hydrazine groups is 1. The Hall–Kier alpha value is -0.490. The van der Waals surface area contributed by atoms with Gasteiger partial charge >= 0.3 is 0 Å². The van der Waals surface area contributed by atoms with Gasteiger partial charge in [0.1, 0.15) is 5.82 Å². The van der Waals surface area contributed by atoms with Gasteiger partial charge in [-0.15, -0.1) is 0 Å². The number of nitrogens with two attached hydrogens (primary N) is 1. The molecule has 1 saturated heterocycles. The first-order valence-corrected chi connectivity index (χ1v) is 7.00. The largest absolute Gasteiger partial charge is 0.378 e. The predicted octanol–water partition coefficient (Wildman–Crippen LogP) is 2.53. The Morgan fingerprint density at radius 3 is 3.00 bits per heavy atom. The summed E-state index contributed by atoms with van der Waals surface area (Å²) in [4.78, 5) is 0. The van der Waals surface area contributed by atoms with Crippen LogP contribution in [0.2, 0.25) is 0 Å². The SMILES string of the molecule is NNC(Cc1ccc(Br)cc1F)CC1CCCO1. The lowest BCUT2D eigenvalue weighted by molar-refractivity contribution is 0.0945. The molecular formula is C13H18BrFN2O. The molecule has 1 aliphatic heterocycles. The molecule has 3 N–H and O–H groups in total. The summed E-state index contributed by atoms with van der Waals surface area (Å²) in [7, 11) is 0. The van der Waals surface area contributed by atoms with Crippen LogP contribution in [0, 0.1) is 5.82 Å². The van der Waals surface area contributed by atoms with Crippen LogP contribution in [0.3, 0.4) is 0 Å². The number of nitrogens with one attached hydrogen (secondary N) is 1. The smallest absolute Gasteiger partial charge is 0.127 e. The first-order valence-electron chi connectivity index (χ1n) is 6.20. The molecule has 18 heavy (non-hydrogen) atoms. The molecule has 1 aromatic carbocycles. The van der Waals surface area contributed by atoms with E-state index < -0.39 is 0 Å². The van der Waals surface area contributed by atoms with E-state index in [-0.39, 0.29) is 18.0 Å². The number of halogens is 2. The Labute approximate surface area is 115 Å². The quantitative estimate of drug-likeness (QED) is 0.648. The van der Waals surface area contributed by atoms with E-state index in [2.05, 4.69) is 21.4 Å². The molecule has 3 nitrogen and oxygen atoms in total. The van der Waals surface area contributed by atoms with Crippen LogP contribution < -0.4 is 11.3 Å². The molecule has 0 aliphatic carbocycles. The van der Waals surface area contributed by atoms with Crippen molar-refractivity contribution in [2.24, 2.45) is 5.84 Å². The maximum absolute atomic E-state index is 13.7. The van der Waals surface area contributed by atoms with Crippen molar-refractivity contribution in [3.63, 3.8) is 0 Å². The second-order valence-corrected chi connectivity index (χ2v) is 5.59. The Morgan fingerprint density at radius 1 is 1.56 bits per heavy atom. The highest BCUT2D eigenvalue weighted by molar-refractivity contribution is 9.10. The number of rotatable bonds is 5. The minimum atomic E-state index is -0.197. The fourth-order valence-electron chi connectivity index (χ4n) is 2.31. The molecule has 0 aromatic heterocycles. The number of hydrogen-bond acceptors (Lipinski definition) is 3. The normalized spacial score (nSPS) is 21.2. The zero-order valence-electron chi connectivity index (χ0n) is 10.2. The van der Waals surface area contributed by atoms with E-state index in [1.54, 1.807) is 6.07 Å². The van der Waals surface area contributed by atoms with Crippen molar-refractivity contribution < 1.29 is 9.13 Å². The van der Waals surface area contributed by atoms with Crippen LogP contribution in [0.4, 0.5) is 4.39 Å². The summed E-state index contributed by atoms with van der Waals surface area (Å²) in [5.74, 6) is 5.34. The first-order chi connectivity index (χ1) is 8.69. The van der Waals surface area contributed by atoms with Crippen LogP contribution in [0.1, 0.15) is 24.8 Å². The monoisotopic (exact) mass is 316 g/mol. The molecule has 0 spiro atoms. The van der Waals surface area contributed by atoms with Crippen molar-refractivity contribution in [2.75, 3.05) is 6.61 Å². The maximum atomic E-state index is 13.7. The highest BCUT2D eigenvalue weighted by Gasteiger charge is 2.21. The van der Waals surface area contributed by atoms with Gasteiger partial charge in [0, 0.05) is 17.1 Å². The van der Waals surface area contributed by atoms with Crippen molar-refractivity contribution in [3.05, 3.63) is 34.1 Å². The van der Waals surface area contributed by atoms with E-state index in [0.29, 0.717) is 12.0 Å². The highest BCUT2D eigenvalue weighted by Crippen LogP contribution is 2.21. The molecule has 1 heterocycles. The van der Waals surface area contributed by atoms with E-state index in [1.807, 2.05) is 6.07 Å². The van der Waals surface area contributed by atoms with Gasteiger partial charge in [0.25, 0.3) is 0 Å². The van der Waals surface area contributed by atoms with Crippen LogP contribution in [-0.2, 0) is 11.2 Å².